The first-order valence-electron chi connectivity index (χ1n) is 6.17. The Hall–Kier alpha value is -1.71. The van der Waals surface area contributed by atoms with E-state index in [2.05, 4.69) is 20.3 Å². The van der Waals surface area contributed by atoms with Gasteiger partial charge in [-0.05, 0) is 23.3 Å². The summed E-state index contributed by atoms with van der Waals surface area (Å²) in [6, 6.07) is 0. The molecule has 1 aliphatic rings. The summed E-state index contributed by atoms with van der Waals surface area (Å²) >= 11 is 0. The Kier molecular flexibility index (Phi) is 4.53. The van der Waals surface area contributed by atoms with Crippen molar-refractivity contribution in [2.75, 3.05) is 13.1 Å². The molecular weight excluding hydrogens is 279 g/mol. The van der Waals surface area contributed by atoms with Crippen molar-refractivity contribution in [3.63, 3.8) is 0 Å². The maximum Gasteiger partial charge on any atom is 0.522 e. The summed E-state index contributed by atoms with van der Waals surface area (Å²) in [5.74, 6) is -0.119. The highest BCUT2D eigenvalue weighted by Crippen LogP contribution is 2.24. The number of carbonyl (C=O) groups is 1. The molecule has 2 heterocycles. The summed E-state index contributed by atoms with van der Waals surface area (Å²) in [6.07, 6.45) is -3.48. The molecule has 0 N–H and O–H groups in total. The van der Waals surface area contributed by atoms with E-state index < -0.39 is 12.5 Å². The Morgan fingerprint density at radius 3 is 2.60 bits per heavy atom. The lowest BCUT2D eigenvalue weighted by atomic mass is 10.1. The molecule has 1 aromatic heterocycles. The molecule has 7 nitrogen and oxygen atoms in total. The summed E-state index contributed by atoms with van der Waals surface area (Å²) in [4.78, 5) is 13.4. The quantitative estimate of drug-likeness (QED) is 0.812. The highest BCUT2D eigenvalue weighted by Gasteiger charge is 2.35. The lowest BCUT2D eigenvalue weighted by Gasteiger charge is -2.32. The number of aryl methyl sites for hydroxylation is 1. The maximum atomic E-state index is 12.0. The first-order chi connectivity index (χ1) is 9.44. The third-order valence-corrected chi connectivity index (χ3v) is 3.04. The van der Waals surface area contributed by atoms with Crippen molar-refractivity contribution in [2.45, 2.75) is 38.3 Å². The SMILES string of the molecule is O=C(CCn1cnnn1)N1CCC(OC(F)(F)F)CC1. The maximum absolute atomic E-state index is 12.0. The second-order valence-corrected chi connectivity index (χ2v) is 4.47. The summed E-state index contributed by atoms with van der Waals surface area (Å²) < 4.78 is 41.5. The number of alkyl halides is 3. The molecule has 0 unspecified atom stereocenters. The fourth-order valence-corrected chi connectivity index (χ4v) is 2.06. The predicted molar refractivity (Wildman–Crippen MR) is 59.2 cm³/mol. The van der Waals surface area contributed by atoms with Gasteiger partial charge in [-0.3, -0.25) is 9.53 Å². The number of carbonyl (C=O) groups excluding carboxylic acids is 1. The van der Waals surface area contributed by atoms with Gasteiger partial charge in [-0.15, -0.1) is 18.3 Å². The molecule has 20 heavy (non-hydrogen) atoms. The molecule has 1 aliphatic heterocycles. The summed E-state index contributed by atoms with van der Waals surface area (Å²) in [6.45, 7) is 0.898. The number of tetrazole rings is 1. The van der Waals surface area contributed by atoms with E-state index in [4.69, 9.17) is 0 Å². The summed E-state index contributed by atoms with van der Waals surface area (Å²) in [7, 11) is 0. The number of rotatable bonds is 4. The Bertz CT molecular complexity index is 429. The van der Waals surface area contributed by atoms with Crippen molar-refractivity contribution in [3.05, 3.63) is 6.33 Å². The smallest absolute Gasteiger partial charge is 0.342 e. The highest BCUT2D eigenvalue weighted by molar-refractivity contribution is 5.76. The second-order valence-electron chi connectivity index (χ2n) is 4.47. The third kappa shape index (κ3) is 4.44. The molecule has 0 aromatic carbocycles. The Balaban J connectivity index is 1.71. The molecular formula is C10H14F3N5O2. The minimum atomic E-state index is -4.61. The molecule has 1 amide bonds. The van der Waals surface area contributed by atoms with Crippen LogP contribution in [0.4, 0.5) is 13.2 Å². The number of nitrogens with zero attached hydrogens (tertiary/aromatic N) is 5. The van der Waals surface area contributed by atoms with Crippen LogP contribution < -0.4 is 0 Å². The van der Waals surface area contributed by atoms with Gasteiger partial charge in [0, 0.05) is 19.5 Å². The van der Waals surface area contributed by atoms with Crippen molar-refractivity contribution in [2.24, 2.45) is 0 Å². The molecule has 0 atom stereocenters. The van der Waals surface area contributed by atoms with Crippen LogP contribution in [0.3, 0.4) is 0 Å². The van der Waals surface area contributed by atoms with Crippen LogP contribution in [0.1, 0.15) is 19.3 Å². The van der Waals surface area contributed by atoms with E-state index in [1.165, 1.54) is 11.0 Å². The molecule has 1 aromatic rings. The van der Waals surface area contributed by atoms with Gasteiger partial charge in [0.25, 0.3) is 0 Å². The van der Waals surface area contributed by atoms with Crippen LogP contribution in [0, 0.1) is 0 Å². The van der Waals surface area contributed by atoms with Crippen molar-refractivity contribution in [1.29, 1.82) is 0 Å². The Morgan fingerprint density at radius 1 is 1.35 bits per heavy atom. The zero-order valence-corrected chi connectivity index (χ0v) is 10.6. The van der Waals surface area contributed by atoms with Gasteiger partial charge >= 0.3 is 6.36 Å². The molecule has 2 rings (SSSR count). The van der Waals surface area contributed by atoms with Crippen molar-refractivity contribution < 1.29 is 22.7 Å². The van der Waals surface area contributed by atoms with E-state index in [9.17, 15) is 18.0 Å². The van der Waals surface area contributed by atoms with E-state index >= 15 is 0 Å². The number of piperidine rings is 1. The first kappa shape index (κ1) is 14.7. The highest BCUT2D eigenvalue weighted by atomic mass is 19.4. The number of hydrogen-bond donors (Lipinski definition) is 0. The van der Waals surface area contributed by atoms with Gasteiger partial charge in [-0.1, -0.05) is 0 Å². The average Bonchev–Trinajstić information content (AvgIpc) is 2.88. The largest absolute Gasteiger partial charge is 0.522 e. The van der Waals surface area contributed by atoms with E-state index in [1.54, 1.807) is 4.90 Å². The monoisotopic (exact) mass is 293 g/mol. The summed E-state index contributed by atoms with van der Waals surface area (Å²) in [5.41, 5.74) is 0. The minimum Gasteiger partial charge on any atom is -0.342 e. The van der Waals surface area contributed by atoms with E-state index in [0.717, 1.165) is 0 Å². The third-order valence-electron chi connectivity index (χ3n) is 3.04. The molecule has 0 aliphatic carbocycles. The number of likely N-dealkylation sites (tertiary alicyclic amines) is 1. The normalized spacial score (nSPS) is 17.4. The van der Waals surface area contributed by atoms with Crippen LogP contribution in [-0.4, -0.2) is 56.6 Å². The lowest BCUT2D eigenvalue weighted by Crippen LogP contribution is -2.42. The van der Waals surface area contributed by atoms with Crippen molar-refractivity contribution >= 4 is 5.91 Å². The molecule has 1 fully saturated rings. The summed E-state index contributed by atoms with van der Waals surface area (Å²) in [5, 5.41) is 10.5. The fraction of sp³-hybridized carbons (Fsp3) is 0.800. The van der Waals surface area contributed by atoms with Gasteiger partial charge in [-0.2, -0.15) is 0 Å². The van der Waals surface area contributed by atoms with Crippen LogP contribution in [0.15, 0.2) is 6.33 Å². The fourth-order valence-electron chi connectivity index (χ4n) is 2.06. The van der Waals surface area contributed by atoms with Crippen LogP contribution in [0.5, 0.6) is 0 Å². The Labute approximate surface area is 112 Å². The van der Waals surface area contributed by atoms with E-state index in [-0.39, 0.29) is 38.3 Å². The van der Waals surface area contributed by atoms with E-state index in [1.807, 2.05) is 0 Å². The van der Waals surface area contributed by atoms with Gasteiger partial charge in [0.1, 0.15) is 6.33 Å². The van der Waals surface area contributed by atoms with Gasteiger partial charge in [0.15, 0.2) is 0 Å². The second kappa shape index (κ2) is 6.16. The van der Waals surface area contributed by atoms with Crippen molar-refractivity contribution in [1.82, 2.24) is 25.1 Å². The van der Waals surface area contributed by atoms with Crippen molar-refractivity contribution in [3.8, 4) is 0 Å². The lowest BCUT2D eigenvalue weighted by molar-refractivity contribution is -0.345. The molecule has 112 valence electrons. The van der Waals surface area contributed by atoms with Gasteiger partial charge in [0.2, 0.25) is 5.91 Å². The average molecular weight is 293 g/mol. The van der Waals surface area contributed by atoms with Gasteiger partial charge in [-0.25, -0.2) is 4.68 Å². The topological polar surface area (TPSA) is 73.1 Å². The zero-order valence-electron chi connectivity index (χ0n) is 10.6. The molecule has 1 saturated heterocycles. The molecule has 0 saturated carbocycles. The Morgan fingerprint density at radius 2 is 2.05 bits per heavy atom. The molecule has 0 spiro atoms. The standard InChI is InChI=1S/C10H14F3N5O2/c11-10(12,13)20-8-1-4-17(5-2-8)9(19)3-6-18-7-14-15-16-18/h7-8H,1-6H2. The van der Waals surface area contributed by atoms with Crippen LogP contribution in [-0.2, 0) is 16.1 Å². The molecule has 0 radical (unpaired) electrons. The predicted octanol–water partition coefficient (Wildman–Crippen LogP) is 0.591. The number of hydrogen-bond acceptors (Lipinski definition) is 5. The molecule has 10 heteroatoms. The van der Waals surface area contributed by atoms with Crippen LogP contribution >= 0.6 is 0 Å². The van der Waals surface area contributed by atoms with Gasteiger partial charge < -0.3 is 4.90 Å². The minimum absolute atomic E-state index is 0.119. The van der Waals surface area contributed by atoms with Gasteiger partial charge in [0.05, 0.1) is 12.6 Å². The zero-order chi connectivity index (χ0) is 14.6. The molecule has 0 bridgehead atoms. The number of aromatic nitrogens is 4. The van der Waals surface area contributed by atoms with Crippen LogP contribution in [0.2, 0.25) is 0 Å². The van der Waals surface area contributed by atoms with Crippen LogP contribution in [0.25, 0.3) is 0 Å². The number of ether oxygens (including phenoxy) is 1. The van der Waals surface area contributed by atoms with E-state index in [0.29, 0.717) is 6.54 Å². The first-order valence-corrected chi connectivity index (χ1v) is 6.17. The number of amides is 1. The number of halogens is 3.